The maximum Gasteiger partial charge on any atom is 0.345 e. The summed E-state index contributed by atoms with van der Waals surface area (Å²) in [6.45, 7) is 1.95. The fourth-order valence-electron chi connectivity index (χ4n) is 2.23. The number of carbonyl (C=O) groups is 1. The van der Waals surface area contributed by atoms with Crippen LogP contribution in [-0.2, 0) is 0 Å². The van der Waals surface area contributed by atoms with Crippen molar-refractivity contribution in [3.63, 3.8) is 0 Å². The van der Waals surface area contributed by atoms with E-state index in [0.717, 1.165) is 22.2 Å². The number of hydrogen-bond donors (Lipinski definition) is 2. The third kappa shape index (κ3) is 4.76. The zero-order valence-corrected chi connectivity index (χ0v) is 16.1. The number of nitrogens with one attached hydrogen (secondary N) is 2. The molecule has 8 nitrogen and oxygen atoms in total. The number of nitro groups is 1. The molecule has 1 amide bonds. The average Bonchev–Trinajstić information content (AvgIpc) is 2.67. The van der Waals surface area contributed by atoms with Gasteiger partial charge in [0, 0.05) is 15.5 Å². The molecule has 0 aliphatic carbocycles. The first-order chi connectivity index (χ1) is 13.4. The summed E-state index contributed by atoms with van der Waals surface area (Å²) < 4.78 is 0. The molecule has 0 fully saturated rings. The third-order valence-electron chi connectivity index (χ3n) is 3.59. The molecular formula is C18H14ClN5O3S. The lowest BCUT2D eigenvalue weighted by Crippen LogP contribution is -2.30. The van der Waals surface area contributed by atoms with E-state index in [9.17, 15) is 14.9 Å². The zero-order valence-electron chi connectivity index (χ0n) is 14.5. The number of hydrazine groups is 1. The topological polar surface area (TPSA) is 110 Å². The van der Waals surface area contributed by atoms with Crippen LogP contribution in [0.1, 0.15) is 15.9 Å². The Morgan fingerprint density at radius 2 is 1.93 bits per heavy atom. The summed E-state index contributed by atoms with van der Waals surface area (Å²) in [6, 6.07) is 13.8. The highest BCUT2D eigenvalue weighted by atomic mass is 35.5. The van der Waals surface area contributed by atoms with E-state index in [-0.39, 0.29) is 16.5 Å². The smallest absolute Gasteiger partial charge is 0.276 e. The number of aryl methyl sites for hydroxylation is 1. The summed E-state index contributed by atoms with van der Waals surface area (Å²) in [7, 11) is 0. The van der Waals surface area contributed by atoms with Crippen molar-refractivity contribution in [3.8, 4) is 0 Å². The van der Waals surface area contributed by atoms with Crippen molar-refractivity contribution in [2.24, 2.45) is 0 Å². The van der Waals surface area contributed by atoms with Crippen LogP contribution in [0.3, 0.4) is 0 Å². The molecule has 0 saturated carbocycles. The molecule has 0 saturated heterocycles. The monoisotopic (exact) mass is 415 g/mol. The highest BCUT2D eigenvalue weighted by Crippen LogP contribution is 2.36. The van der Waals surface area contributed by atoms with Crippen molar-refractivity contribution < 1.29 is 9.72 Å². The standard InChI is InChI=1S/C18H14ClN5O3S/c1-11-5-7-14(8-6-11)28-18-15(24(26)27)16(20-10-21-18)22-23-17(25)12-3-2-4-13(19)9-12/h2-10H,1H3,(H,23,25)(H,20,21,22). The largest absolute Gasteiger partial charge is 0.345 e. The van der Waals surface area contributed by atoms with E-state index in [2.05, 4.69) is 20.8 Å². The van der Waals surface area contributed by atoms with Crippen LogP contribution in [0.2, 0.25) is 5.02 Å². The Balaban J connectivity index is 1.81. The van der Waals surface area contributed by atoms with Gasteiger partial charge in [0.15, 0.2) is 5.03 Å². The van der Waals surface area contributed by atoms with Crippen molar-refractivity contribution in [2.75, 3.05) is 5.43 Å². The van der Waals surface area contributed by atoms with E-state index in [4.69, 9.17) is 11.6 Å². The predicted molar refractivity (Wildman–Crippen MR) is 107 cm³/mol. The van der Waals surface area contributed by atoms with Gasteiger partial charge in [-0.25, -0.2) is 9.97 Å². The lowest BCUT2D eigenvalue weighted by atomic mass is 10.2. The number of hydrogen-bond acceptors (Lipinski definition) is 7. The van der Waals surface area contributed by atoms with Gasteiger partial charge in [0.2, 0.25) is 5.82 Å². The van der Waals surface area contributed by atoms with Gasteiger partial charge in [-0.3, -0.25) is 25.8 Å². The van der Waals surface area contributed by atoms with Crippen LogP contribution in [0.5, 0.6) is 0 Å². The average molecular weight is 416 g/mol. The van der Waals surface area contributed by atoms with Gasteiger partial charge in [-0.2, -0.15) is 0 Å². The van der Waals surface area contributed by atoms with Crippen LogP contribution < -0.4 is 10.9 Å². The van der Waals surface area contributed by atoms with E-state index in [1.54, 1.807) is 18.2 Å². The fourth-order valence-corrected chi connectivity index (χ4v) is 3.28. The Hall–Kier alpha value is -3.17. The molecule has 0 atom stereocenters. The van der Waals surface area contributed by atoms with Crippen LogP contribution in [0.15, 0.2) is 64.8 Å². The molecule has 0 unspecified atom stereocenters. The minimum atomic E-state index is -0.593. The van der Waals surface area contributed by atoms with Crippen LogP contribution in [0, 0.1) is 17.0 Å². The lowest BCUT2D eigenvalue weighted by molar-refractivity contribution is -0.387. The van der Waals surface area contributed by atoms with Crippen molar-refractivity contribution >= 4 is 40.8 Å². The molecule has 0 spiro atoms. The molecule has 2 N–H and O–H groups in total. The van der Waals surface area contributed by atoms with Crippen molar-refractivity contribution in [3.05, 3.63) is 81.1 Å². The summed E-state index contributed by atoms with van der Waals surface area (Å²) in [6.07, 6.45) is 1.19. The molecule has 2 aromatic carbocycles. The van der Waals surface area contributed by atoms with E-state index in [1.165, 1.54) is 12.4 Å². The molecule has 1 aromatic heterocycles. The maximum atomic E-state index is 12.2. The molecule has 10 heteroatoms. The molecule has 142 valence electrons. The Labute approximate surface area is 169 Å². The Bertz CT molecular complexity index is 1030. The quantitative estimate of drug-likeness (QED) is 0.351. The van der Waals surface area contributed by atoms with Crippen LogP contribution in [0.4, 0.5) is 11.5 Å². The Kier molecular flexibility index (Phi) is 6.07. The zero-order chi connectivity index (χ0) is 20.1. The molecule has 0 aliphatic heterocycles. The van der Waals surface area contributed by atoms with Gasteiger partial charge in [0.25, 0.3) is 5.91 Å². The maximum absolute atomic E-state index is 12.2. The highest BCUT2D eigenvalue weighted by Gasteiger charge is 2.24. The summed E-state index contributed by atoms with van der Waals surface area (Å²) in [5, 5.41) is 12.1. The van der Waals surface area contributed by atoms with Gasteiger partial charge in [0.1, 0.15) is 6.33 Å². The molecular weight excluding hydrogens is 402 g/mol. The van der Waals surface area contributed by atoms with Crippen molar-refractivity contribution in [2.45, 2.75) is 16.8 Å². The molecule has 0 bridgehead atoms. The molecule has 28 heavy (non-hydrogen) atoms. The van der Waals surface area contributed by atoms with Crippen LogP contribution >= 0.6 is 23.4 Å². The fraction of sp³-hybridized carbons (Fsp3) is 0.0556. The van der Waals surface area contributed by atoms with Gasteiger partial charge in [-0.15, -0.1) is 0 Å². The second kappa shape index (κ2) is 8.68. The molecule has 3 aromatic rings. The lowest BCUT2D eigenvalue weighted by Gasteiger charge is -2.10. The Morgan fingerprint density at radius 3 is 2.61 bits per heavy atom. The van der Waals surface area contributed by atoms with Gasteiger partial charge < -0.3 is 0 Å². The van der Waals surface area contributed by atoms with Gasteiger partial charge >= 0.3 is 5.69 Å². The molecule has 0 radical (unpaired) electrons. The van der Waals surface area contributed by atoms with E-state index in [1.807, 2.05) is 31.2 Å². The second-order valence-electron chi connectivity index (χ2n) is 5.64. The number of halogens is 1. The Morgan fingerprint density at radius 1 is 1.18 bits per heavy atom. The summed E-state index contributed by atoms with van der Waals surface area (Å²) in [5.41, 5.74) is 5.92. The van der Waals surface area contributed by atoms with E-state index in [0.29, 0.717) is 10.6 Å². The van der Waals surface area contributed by atoms with Gasteiger partial charge in [-0.1, -0.05) is 47.1 Å². The highest BCUT2D eigenvalue weighted by molar-refractivity contribution is 7.99. The number of aromatic nitrogens is 2. The number of amides is 1. The molecule has 3 rings (SSSR count). The van der Waals surface area contributed by atoms with Gasteiger partial charge in [0.05, 0.1) is 4.92 Å². The first kappa shape index (κ1) is 19.6. The van der Waals surface area contributed by atoms with Crippen LogP contribution in [0.25, 0.3) is 0 Å². The van der Waals surface area contributed by atoms with Gasteiger partial charge in [-0.05, 0) is 37.3 Å². The summed E-state index contributed by atoms with van der Waals surface area (Å²) >= 11 is 7.00. The molecule has 0 aliphatic rings. The summed E-state index contributed by atoms with van der Waals surface area (Å²) in [5.74, 6) is -0.631. The van der Waals surface area contributed by atoms with E-state index >= 15 is 0 Å². The minimum Gasteiger partial charge on any atom is -0.276 e. The number of carbonyl (C=O) groups excluding carboxylic acids is 1. The van der Waals surface area contributed by atoms with Crippen LogP contribution in [-0.4, -0.2) is 20.8 Å². The predicted octanol–water partition coefficient (Wildman–Crippen LogP) is 4.25. The number of nitrogens with zero attached hydrogens (tertiary/aromatic N) is 3. The minimum absolute atomic E-state index is 0.120. The normalized spacial score (nSPS) is 10.4. The number of anilines is 1. The third-order valence-corrected chi connectivity index (χ3v) is 4.82. The SMILES string of the molecule is Cc1ccc(Sc2ncnc(NNC(=O)c3cccc(Cl)c3)c2[N+](=O)[O-])cc1. The van der Waals surface area contributed by atoms with E-state index < -0.39 is 10.8 Å². The number of benzene rings is 2. The first-order valence-electron chi connectivity index (χ1n) is 8.00. The summed E-state index contributed by atoms with van der Waals surface area (Å²) in [4.78, 5) is 31.9. The van der Waals surface area contributed by atoms with Crippen molar-refractivity contribution in [1.82, 2.24) is 15.4 Å². The molecule has 1 heterocycles. The first-order valence-corrected chi connectivity index (χ1v) is 9.19. The second-order valence-corrected chi connectivity index (χ2v) is 7.14. The number of rotatable bonds is 6. The van der Waals surface area contributed by atoms with Crippen molar-refractivity contribution in [1.29, 1.82) is 0 Å².